The summed E-state index contributed by atoms with van der Waals surface area (Å²) in [5.41, 5.74) is 6.53. The van der Waals surface area contributed by atoms with Crippen LogP contribution in [0.25, 0.3) is 16.5 Å². The minimum Gasteiger partial charge on any atom is -0.497 e. The van der Waals surface area contributed by atoms with Gasteiger partial charge in [0.05, 0.1) is 23.9 Å². The van der Waals surface area contributed by atoms with E-state index in [2.05, 4.69) is 5.32 Å². The van der Waals surface area contributed by atoms with E-state index in [0.717, 1.165) is 0 Å². The van der Waals surface area contributed by atoms with Crippen LogP contribution in [0.5, 0.6) is 5.75 Å². The fraction of sp³-hybridized carbons (Fsp3) is 0.0417. The van der Waals surface area contributed by atoms with Crippen LogP contribution < -0.4 is 21.3 Å². The topological polar surface area (TPSA) is 103 Å². The van der Waals surface area contributed by atoms with Crippen LogP contribution in [0.1, 0.15) is 20.7 Å². The zero-order valence-electron chi connectivity index (χ0n) is 16.7. The van der Waals surface area contributed by atoms with Crippen molar-refractivity contribution in [1.29, 1.82) is 0 Å². The van der Waals surface area contributed by atoms with Gasteiger partial charge in [-0.2, -0.15) is 0 Å². The van der Waals surface area contributed by atoms with E-state index in [-0.39, 0.29) is 16.7 Å². The first kappa shape index (κ1) is 19.9. The standard InChI is InChI=1S/C24H19N3O4/c1-31-16-12-10-15(11-13-16)27-14-20(17-6-2-3-7-18(17)24(27)30)23(29)26-21-9-5-4-8-19(21)22(25)28/h2-14H,1H3,(H2,25,28)(H,26,29). The summed E-state index contributed by atoms with van der Waals surface area (Å²) in [4.78, 5) is 38.0. The Hall–Kier alpha value is -4.39. The number of carbonyl (C=O) groups is 2. The third-order valence-electron chi connectivity index (χ3n) is 4.96. The lowest BCUT2D eigenvalue weighted by molar-refractivity contribution is 0.100. The molecule has 7 heteroatoms. The highest BCUT2D eigenvalue weighted by Gasteiger charge is 2.17. The number of hydrogen-bond donors (Lipinski definition) is 2. The van der Waals surface area contributed by atoms with Crippen LogP contribution in [0.3, 0.4) is 0 Å². The lowest BCUT2D eigenvalue weighted by Gasteiger charge is -2.14. The number of para-hydroxylation sites is 1. The molecular formula is C24H19N3O4. The number of methoxy groups -OCH3 is 1. The molecule has 0 aliphatic heterocycles. The fourth-order valence-electron chi connectivity index (χ4n) is 3.40. The number of nitrogens with two attached hydrogens (primary N) is 1. The van der Waals surface area contributed by atoms with Crippen LogP contribution in [0, 0.1) is 0 Å². The first-order chi connectivity index (χ1) is 15.0. The predicted octanol–water partition coefficient (Wildman–Crippen LogP) is 3.35. The molecule has 0 atom stereocenters. The summed E-state index contributed by atoms with van der Waals surface area (Å²) >= 11 is 0. The van der Waals surface area contributed by atoms with Crippen molar-refractivity contribution in [3.8, 4) is 11.4 Å². The van der Waals surface area contributed by atoms with Crippen LogP contribution in [-0.2, 0) is 0 Å². The summed E-state index contributed by atoms with van der Waals surface area (Å²) < 4.78 is 6.59. The van der Waals surface area contributed by atoms with E-state index in [4.69, 9.17) is 10.5 Å². The summed E-state index contributed by atoms with van der Waals surface area (Å²) in [7, 11) is 1.56. The van der Waals surface area contributed by atoms with Crippen molar-refractivity contribution in [3.63, 3.8) is 0 Å². The van der Waals surface area contributed by atoms with E-state index in [1.54, 1.807) is 73.8 Å². The van der Waals surface area contributed by atoms with Gasteiger partial charge in [0, 0.05) is 22.7 Å². The van der Waals surface area contributed by atoms with Crippen molar-refractivity contribution in [2.75, 3.05) is 12.4 Å². The lowest BCUT2D eigenvalue weighted by Crippen LogP contribution is -2.23. The van der Waals surface area contributed by atoms with Crippen molar-refractivity contribution in [3.05, 3.63) is 100 Å². The SMILES string of the molecule is COc1ccc(-n2cc(C(=O)Nc3ccccc3C(N)=O)c3ccccc3c2=O)cc1. The molecule has 31 heavy (non-hydrogen) atoms. The van der Waals surface area contributed by atoms with E-state index in [9.17, 15) is 14.4 Å². The average Bonchev–Trinajstić information content (AvgIpc) is 2.80. The zero-order chi connectivity index (χ0) is 22.0. The molecule has 0 saturated heterocycles. The van der Waals surface area contributed by atoms with Crippen molar-refractivity contribution in [2.24, 2.45) is 5.73 Å². The van der Waals surface area contributed by atoms with Crippen molar-refractivity contribution in [1.82, 2.24) is 4.57 Å². The summed E-state index contributed by atoms with van der Waals surface area (Å²) in [6.07, 6.45) is 1.49. The number of aromatic nitrogens is 1. The molecule has 0 aliphatic rings. The second-order valence-electron chi connectivity index (χ2n) is 6.83. The fourth-order valence-corrected chi connectivity index (χ4v) is 3.40. The molecule has 4 rings (SSSR count). The maximum atomic E-state index is 13.2. The summed E-state index contributed by atoms with van der Waals surface area (Å²) in [5, 5.41) is 3.64. The quantitative estimate of drug-likeness (QED) is 0.524. The molecule has 0 radical (unpaired) electrons. The van der Waals surface area contributed by atoms with Gasteiger partial charge in [0.15, 0.2) is 0 Å². The van der Waals surface area contributed by atoms with Gasteiger partial charge < -0.3 is 15.8 Å². The molecule has 0 aliphatic carbocycles. The van der Waals surface area contributed by atoms with Gasteiger partial charge in [-0.05, 0) is 42.5 Å². The second kappa shape index (κ2) is 8.16. The Morgan fingerprint density at radius 2 is 1.52 bits per heavy atom. The second-order valence-corrected chi connectivity index (χ2v) is 6.83. The van der Waals surface area contributed by atoms with E-state index < -0.39 is 11.8 Å². The van der Waals surface area contributed by atoms with Crippen LogP contribution in [0.15, 0.2) is 83.8 Å². The largest absolute Gasteiger partial charge is 0.497 e. The number of amides is 2. The lowest BCUT2D eigenvalue weighted by atomic mass is 10.1. The number of fused-ring (bicyclic) bond motifs is 1. The Balaban J connectivity index is 1.85. The minimum absolute atomic E-state index is 0.198. The monoisotopic (exact) mass is 413 g/mol. The van der Waals surface area contributed by atoms with Gasteiger partial charge in [-0.15, -0.1) is 0 Å². The molecule has 154 valence electrons. The number of nitrogens with one attached hydrogen (secondary N) is 1. The van der Waals surface area contributed by atoms with Gasteiger partial charge in [0.2, 0.25) is 0 Å². The summed E-state index contributed by atoms with van der Waals surface area (Å²) in [6, 6.07) is 20.3. The van der Waals surface area contributed by atoms with Gasteiger partial charge in [0.25, 0.3) is 17.4 Å². The molecule has 1 aromatic heterocycles. The average molecular weight is 413 g/mol. The number of carbonyl (C=O) groups excluding carboxylic acids is 2. The third-order valence-corrected chi connectivity index (χ3v) is 4.96. The number of pyridine rings is 1. The van der Waals surface area contributed by atoms with Crippen LogP contribution in [-0.4, -0.2) is 23.5 Å². The minimum atomic E-state index is -0.649. The maximum Gasteiger partial charge on any atom is 0.262 e. The number of ether oxygens (including phenoxy) is 1. The van der Waals surface area contributed by atoms with Gasteiger partial charge in [-0.3, -0.25) is 19.0 Å². The third kappa shape index (κ3) is 3.76. The van der Waals surface area contributed by atoms with Crippen molar-refractivity contribution < 1.29 is 14.3 Å². The number of anilines is 1. The summed E-state index contributed by atoms with van der Waals surface area (Å²) in [6.45, 7) is 0. The van der Waals surface area contributed by atoms with Crippen LogP contribution in [0.4, 0.5) is 5.69 Å². The smallest absolute Gasteiger partial charge is 0.262 e. The van der Waals surface area contributed by atoms with Gasteiger partial charge in [0.1, 0.15) is 5.75 Å². The molecule has 0 spiro atoms. The predicted molar refractivity (Wildman–Crippen MR) is 119 cm³/mol. The van der Waals surface area contributed by atoms with Gasteiger partial charge >= 0.3 is 0 Å². The molecular weight excluding hydrogens is 394 g/mol. The Morgan fingerprint density at radius 1 is 0.871 bits per heavy atom. The Bertz CT molecular complexity index is 1360. The Labute approximate surface area is 177 Å². The van der Waals surface area contributed by atoms with E-state index >= 15 is 0 Å². The molecule has 3 N–H and O–H groups in total. The molecule has 0 fully saturated rings. The highest BCUT2D eigenvalue weighted by molar-refractivity contribution is 6.14. The normalized spacial score (nSPS) is 10.6. The Kier molecular flexibility index (Phi) is 5.24. The molecule has 3 aromatic carbocycles. The molecule has 4 aromatic rings. The number of benzene rings is 3. The van der Waals surface area contributed by atoms with Crippen molar-refractivity contribution >= 4 is 28.3 Å². The van der Waals surface area contributed by atoms with Gasteiger partial charge in [-0.25, -0.2) is 0 Å². The molecule has 0 unspecified atom stereocenters. The molecule has 0 bridgehead atoms. The Morgan fingerprint density at radius 3 is 2.19 bits per heavy atom. The number of primary amides is 1. The molecule has 2 amide bonds. The van der Waals surface area contributed by atoms with E-state index in [1.807, 2.05) is 0 Å². The highest BCUT2D eigenvalue weighted by atomic mass is 16.5. The first-order valence-electron chi connectivity index (χ1n) is 9.48. The molecule has 1 heterocycles. The first-order valence-corrected chi connectivity index (χ1v) is 9.48. The van der Waals surface area contributed by atoms with Crippen LogP contribution in [0.2, 0.25) is 0 Å². The van der Waals surface area contributed by atoms with E-state index in [1.165, 1.54) is 16.8 Å². The number of nitrogens with zero attached hydrogens (tertiary/aromatic N) is 1. The summed E-state index contributed by atoms with van der Waals surface area (Å²) in [5.74, 6) is -0.463. The maximum absolute atomic E-state index is 13.2. The number of rotatable bonds is 5. The van der Waals surface area contributed by atoms with Crippen LogP contribution >= 0.6 is 0 Å². The number of hydrogen-bond acceptors (Lipinski definition) is 4. The molecule has 0 saturated carbocycles. The van der Waals surface area contributed by atoms with Crippen molar-refractivity contribution in [2.45, 2.75) is 0 Å². The molecule has 7 nitrogen and oxygen atoms in total. The highest BCUT2D eigenvalue weighted by Crippen LogP contribution is 2.22. The van der Waals surface area contributed by atoms with E-state index in [0.29, 0.717) is 27.9 Å². The zero-order valence-corrected chi connectivity index (χ0v) is 16.7. The van der Waals surface area contributed by atoms with Gasteiger partial charge in [-0.1, -0.05) is 30.3 Å².